The van der Waals surface area contributed by atoms with Gasteiger partial charge in [0.05, 0.1) is 5.69 Å². The predicted octanol–water partition coefficient (Wildman–Crippen LogP) is 3.15. The summed E-state index contributed by atoms with van der Waals surface area (Å²) in [5, 5.41) is 9.09. The molecular formula is C10H9N3OS2. The van der Waals surface area contributed by atoms with E-state index in [1.54, 1.807) is 7.05 Å². The highest BCUT2D eigenvalue weighted by Crippen LogP contribution is 2.27. The van der Waals surface area contributed by atoms with Gasteiger partial charge in [0.15, 0.2) is 5.00 Å². The smallest absolute Gasteiger partial charge is 0.295 e. The van der Waals surface area contributed by atoms with Crippen molar-refractivity contribution >= 4 is 34.7 Å². The molecule has 0 unspecified atom stereocenters. The third-order valence-electron chi connectivity index (χ3n) is 1.98. The molecule has 0 saturated carbocycles. The lowest BCUT2D eigenvalue weighted by Crippen LogP contribution is -2.06. The molecule has 6 heteroatoms. The van der Waals surface area contributed by atoms with Crippen LogP contribution in [0.4, 0.5) is 10.7 Å². The van der Waals surface area contributed by atoms with Gasteiger partial charge in [0, 0.05) is 7.05 Å². The summed E-state index contributed by atoms with van der Waals surface area (Å²) < 4.78 is 1.44. The number of thiol groups is 1. The minimum atomic E-state index is -0.0907. The number of thiazole rings is 1. The molecule has 0 spiro atoms. The molecule has 0 aliphatic carbocycles. The zero-order valence-electron chi connectivity index (χ0n) is 8.49. The average Bonchev–Trinajstić information content (AvgIpc) is 2.56. The number of azo groups is 1. The topological polar surface area (TPSA) is 46.7 Å². The molecule has 0 amide bonds. The Kier molecular flexibility index (Phi) is 3.21. The van der Waals surface area contributed by atoms with E-state index >= 15 is 0 Å². The second kappa shape index (κ2) is 4.63. The van der Waals surface area contributed by atoms with Crippen LogP contribution in [0.3, 0.4) is 0 Å². The van der Waals surface area contributed by atoms with Crippen molar-refractivity contribution in [2.45, 2.75) is 5.03 Å². The minimum Gasteiger partial charge on any atom is -0.295 e. The van der Waals surface area contributed by atoms with Crippen molar-refractivity contribution in [3.63, 3.8) is 0 Å². The standard InChI is InChI=1S/C10H9N3OS2/c1-13-9(15)8(16-10(13)14)12-11-7-5-3-2-4-6-7/h2-6,15H,1H3. The minimum absolute atomic E-state index is 0.0907. The Bertz CT molecular complexity index is 571. The molecule has 0 aliphatic rings. The van der Waals surface area contributed by atoms with Crippen LogP contribution in [-0.4, -0.2) is 4.57 Å². The van der Waals surface area contributed by atoms with Gasteiger partial charge in [0.25, 0.3) is 0 Å². The van der Waals surface area contributed by atoms with Crippen LogP contribution in [-0.2, 0) is 7.05 Å². The Morgan fingerprint density at radius 2 is 1.94 bits per heavy atom. The Balaban J connectivity index is 2.31. The van der Waals surface area contributed by atoms with Crippen LogP contribution >= 0.6 is 24.0 Å². The van der Waals surface area contributed by atoms with E-state index in [9.17, 15) is 4.79 Å². The summed E-state index contributed by atoms with van der Waals surface area (Å²) in [6.45, 7) is 0. The van der Waals surface area contributed by atoms with Gasteiger partial charge in [-0.15, -0.1) is 22.9 Å². The summed E-state index contributed by atoms with van der Waals surface area (Å²) in [6.07, 6.45) is 0. The summed E-state index contributed by atoms with van der Waals surface area (Å²) >= 11 is 5.23. The highest BCUT2D eigenvalue weighted by molar-refractivity contribution is 7.80. The molecule has 2 aromatic rings. The van der Waals surface area contributed by atoms with Crippen LogP contribution < -0.4 is 4.87 Å². The molecule has 4 nitrogen and oxygen atoms in total. The van der Waals surface area contributed by atoms with Crippen LogP contribution in [0, 0.1) is 0 Å². The molecule has 1 aromatic heterocycles. The number of hydrogen-bond donors (Lipinski definition) is 1. The van der Waals surface area contributed by atoms with Gasteiger partial charge in [0.2, 0.25) is 0 Å². The highest BCUT2D eigenvalue weighted by atomic mass is 32.1. The van der Waals surface area contributed by atoms with E-state index in [1.807, 2.05) is 30.3 Å². The van der Waals surface area contributed by atoms with Crippen LogP contribution in [0.2, 0.25) is 0 Å². The van der Waals surface area contributed by atoms with Crippen molar-refractivity contribution in [3.8, 4) is 0 Å². The largest absolute Gasteiger partial charge is 0.309 e. The number of nitrogens with zero attached hydrogens (tertiary/aromatic N) is 3. The molecule has 0 N–H and O–H groups in total. The number of benzene rings is 1. The Hall–Kier alpha value is -1.40. The summed E-state index contributed by atoms with van der Waals surface area (Å²) in [4.78, 5) is 11.2. The summed E-state index contributed by atoms with van der Waals surface area (Å²) in [6, 6.07) is 9.34. The summed E-state index contributed by atoms with van der Waals surface area (Å²) in [5.41, 5.74) is 0.749. The van der Waals surface area contributed by atoms with Gasteiger partial charge in [-0.2, -0.15) is 0 Å². The predicted molar refractivity (Wildman–Crippen MR) is 67.4 cm³/mol. The monoisotopic (exact) mass is 251 g/mol. The lowest BCUT2D eigenvalue weighted by Gasteiger charge is -1.92. The van der Waals surface area contributed by atoms with Crippen molar-refractivity contribution in [2.24, 2.45) is 17.3 Å². The first kappa shape index (κ1) is 11.1. The lowest BCUT2D eigenvalue weighted by molar-refractivity contribution is 0.803. The van der Waals surface area contributed by atoms with Gasteiger partial charge >= 0.3 is 4.87 Å². The number of aromatic nitrogens is 1. The quantitative estimate of drug-likeness (QED) is 0.647. The lowest BCUT2D eigenvalue weighted by atomic mass is 10.3. The van der Waals surface area contributed by atoms with Gasteiger partial charge < -0.3 is 0 Å². The second-order valence-corrected chi connectivity index (χ2v) is 4.45. The maximum atomic E-state index is 11.3. The van der Waals surface area contributed by atoms with E-state index in [-0.39, 0.29) is 4.87 Å². The molecule has 0 saturated heterocycles. The molecule has 0 bridgehead atoms. The van der Waals surface area contributed by atoms with E-state index < -0.39 is 0 Å². The maximum absolute atomic E-state index is 11.3. The maximum Gasteiger partial charge on any atom is 0.309 e. The average molecular weight is 251 g/mol. The fraction of sp³-hybridized carbons (Fsp3) is 0.100. The molecule has 2 rings (SSSR count). The Morgan fingerprint density at radius 3 is 2.50 bits per heavy atom. The molecule has 1 aromatic carbocycles. The molecule has 16 heavy (non-hydrogen) atoms. The third kappa shape index (κ3) is 2.23. The molecule has 1 heterocycles. The Morgan fingerprint density at radius 1 is 1.25 bits per heavy atom. The van der Waals surface area contributed by atoms with Crippen molar-refractivity contribution < 1.29 is 0 Å². The van der Waals surface area contributed by atoms with Gasteiger partial charge in [-0.05, 0) is 12.1 Å². The summed E-state index contributed by atoms with van der Waals surface area (Å²) in [7, 11) is 1.66. The van der Waals surface area contributed by atoms with Crippen LogP contribution in [0.1, 0.15) is 0 Å². The first-order valence-corrected chi connectivity index (χ1v) is 5.80. The SMILES string of the molecule is Cn1c(S)c(N=Nc2ccccc2)sc1=O. The molecule has 0 atom stereocenters. The van der Waals surface area contributed by atoms with Crippen molar-refractivity contribution in [1.82, 2.24) is 4.57 Å². The second-order valence-electron chi connectivity index (χ2n) is 3.09. The highest BCUT2D eigenvalue weighted by Gasteiger charge is 2.07. The van der Waals surface area contributed by atoms with Gasteiger partial charge in [-0.25, -0.2) is 0 Å². The van der Waals surface area contributed by atoms with E-state index in [0.29, 0.717) is 10.0 Å². The van der Waals surface area contributed by atoms with Gasteiger partial charge in [-0.3, -0.25) is 9.36 Å². The first-order valence-electron chi connectivity index (χ1n) is 4.54. The molecular weight excluding hydrogens is 242 g/mol. The normalized spacial score (nSPS) is 11.1. The summed E-state index contributed by atoms with van der Waals surface area (Å²) in [5.74, 6) is 0. The molecule has 0 radical (unpaired) electrons. The number of rotatable bonds is 2. The Labute approximate surface area is 102 Å². The third-order valence-corrected chi connectivity index (χ3v) is 3.56. The van der Waals surface area contributed by atoms with E-state index in [0.717, 1.165) is 17.0 Å². The fourth-order valence-electron chi connectivity index (χ4n) is 1.09. The van der Waals surface area contributed by atoms with Crippen molar-refractivity contribution in [2.75, 3.05) is 0 Å². The first-order chi connectivity index (χ1) is 7.68. The van der Waals surface area contributed by atoms with Crippen LogP contribution in [0.5, 0.6) is 0 Å². The zero-order chi connectivity index (χ0) is 11.5. The van der Waals surface area contributed by atoms with Gasteiger partial charge in [0.1, 0.15) is 5.03 Å². The van der Waals surface area contributed by atoms with Crippen LogP contribution in [0.15, 0.2) is 50.4 Å². The van der Waals surface area contributed by atoms with Gasteiger partial charge in [-0.1, -0.05) is 29.5 Å². The molecule has 82 valence electrons. The van der Waals surface area contributed by atoms with E-state index in [2.05, 4.69) is 22.9 Å². The fourth-order valence-corrected chi connectivity index (χ4v) is 2.13. The van der Waals surface area contributed by atoms with E-state index in [4.69, 9.17) is 0 Å². The van der Waals surface area contributed by atoms with Crippen molar-refractivity contribution in [3.05, 3.63) is 40.0 Å². The zero-order valence-corrected chi connectivity index (χ0v) is 10.2. The van der Waals surface area contributed by atoms with Crippen molar-refractivity contribution in [1.29, 1.82) is 0 Å². The van der Waals surface area contributed by atoms with E-state index in [1.165, 1.54) is 4.57 Å². The molecule has 0 fully saturated rings. The molecule has 0 aliphatic heterocycles. The van der Waals surface area contributed by atoms with Crippen LogP contribution in [0.25, 0.3) is 0 Å². The number of hydrogen-bond acceptors (Lipinski definition) is 5.